The van der Waals surface area contributed by atoms with Gasteiger partial charge in [0, 0.05) is 32.9 Å². The minimum absolute atomic E-state index is 0.336. The first kappa shape index (κ1) is 12.0. The molecule has 0 radical (unpaired) electrons. The number of rotatable bonds is 7. The molecule has 1 unspecified atom stereocenters. The van der Waals surface area contributed by atoms with Gasteiger partial charge in [0.05, 0.1) is 0 Å². The van der Waals surface area contributed by atoms with Crippen molar-refractivity contribution in [3.63, 3.8) is 0 Å². The Bertz CT molecular complexity index is 141. The van der Waals surface area contributed by atoms with Crippen LogP contribution < -0.4 is 0 Å². The molecule has 1 fully saturated rings. The van der Waals surface area contributed by atoms with Gasteiger partial charge in [-0.05, 0) is 38.6 Å². The van der Waals surface area contributed by atoms with Gasteiger partial charge in [-0.15, -0.1) is 0 Å². The van der Waals surface area contributed by atoms with Crippen molar-refractivity contribution < 1.29 is 9.84 Å². The van der Waals surface area contributed by atoms with Crippen LogP contribution in [0.2, 0.25) is 0 Å². The lowest BCUT2D eigenvalue weighted by Crippen LogP contribution is -2.31. The fourth-order valence-electron chi connectivity index (χ4n) is 2.26. The third kappa shape index (κ3) is 3.95. The van der Waals surface area contributed by atoms with E-state index in [-0.39, 0.29) is 0 Å². The topological polar surface area (TPSA) is 32.7 Å². The fraction of sp³-hybridized carbons (Fsp3) is 1.00. The smallest absolute Gasteiger partial charge is 0.0474 e. The highest BCUT2D eigenvalue weighted by atomic mass is 16.5. The van der Waals surface area contributed by atoms with Gasteiger partial charge in [-0.3, -0.25) is 0 Å². The Labute approximate surface area is 87.1 Å². The van der Waals surface area contributed by atoms with Crippen LogP contribution in [-0.4, -0.2) is 49.5 Å². The van der Waals surface area contributed by atoms with E-state index in [0.717, 1.165) is 38.5 Å². The summed E-state index contributed by atoms with van der Waals surface area (Å²) in [5.74, 6) is 0. The molecule has 0 aromatic carbocycles. The highest BCUT2D eigenvalue weighted by Crippen LogP contribution is 2.21. The molecule has 1 N–H and O–H groups in total. The Morgan fingerprint density at radius 2 is 2.29 bits per heavy atom. The largest absolute Gasteiger partial charge is 0.396 e. The van der Waals surface area contributed by atoms with Gasteiger partial charge < -0.3 is 14.7 Å². The van der Waals surface area contributed by atoms with Crippen LogP contribution in [0.3, 0.4) is 0 Å². The lowest BCUT2D eigenvalue weighted by atomic mass is 10.1. The summed E-state index contributed by atoms with van der Waals surface area (Å²) in [6.45, 7) is 3.59. The Morgan fingerprint density at radius 1 is 1.43 bits per heavy atom. The summed E-state index contributed by atoms with van der Waals surface area (Å²) in [6, 6.07) is 0.721. The van der Waals surface area contributed by atoms with Gasteiger partial charge in [0.15, 0.2) is 0 Å². The normalized spacial score (nSPS) is 23.1. The molecule has 0 amide bonds. The zero-order valence-corrected chi connectivity index (χ0v) is 9.24. The highest BCUT2D eigenvalue weighted by molar-refractivity contribution is 4.78. The van der Waals surface area contributed by atoms with E-state index in [9.17, 15) is 0 Å². The van der Waals surface area contributed by atoms with E-state index in [0.29, 0.717) is 6.61 Å². The van der Waals surface area contributed by atoms with Gasteiger partial charge in [-0.25, -0.2) is 0 Å². The zero-order chi connectivity index (χ0) is 10.2. The van der Waals surface area contributed by atoms with E-state index in [1.807, 2.05) is 0 Å². The molecular formula is C11H23NO2. The van der Waals surface area contributed by atoms with Crippen LogP contribution in [0.15, 0.2) is 0 Å². The predicted octanol–water partition coefficient (Wildman–Crippen LogP) is 1.26. The second-order valence-electron chi connectivity index (χ2n) is 4.04. The van der Waals surface area contributed by atoms with Crippen molar-refractivity contribution in [1.82, 2.24) is 4.90 Å². The zero-order valence-electron chi connectivity index (χ0n) is 9.24. The monoisotopic (exact) mass is 201 g/mol. The first-order chi connectivity index (χ1) is 6.88. The summed E-state index contributed by atoms with van der Waals surface area (Å²) < 4.78 is 5.05. The molecule has 0 aromatic heterocycles. The maximum atomic E-state index is 8.79. The first-order valence-electron chi connectivity index (χ1n) is 5.72. The molecule has 1 atom stereocenters. The van der Waals surface area contributed by atoms with E-state index in [1.165, 1.54) is 19.4 Å². The summed E-state index contributed by atoms with van der Waals surface area (Å²) in [5, 5.41) is 8.79. The van der Waals surface area contributed by atoms with E-state index < -0.39 is 0 Å². The summed E-state index contributed by atoms with van der Waals surface area (Å²) in [7, 11) is 1.76. The van der Waals surface area contributed by atoms with Crippen LogP contribution in [-0.2, 0) is 4.74 Å². The standard InChI is InChI=1S/C11H23NO2/c1-14-10-4-8-12-7-2-5-11(12)6-3-9-13/h11,13H,2-10H2,1H3. The van der Waals surface area contributed by atoms with Gasteiger partial charge in [0.25, 0.3) is 0 Å². The highest BCUT2D eigenvalue weighted by Gasteiger charge is 2.22. The predicted molar refractivity (Wildman–Crippen MR) is 57.4 cm³/mol. The van der Waals surface area contributed by atoms with Crippen molar-refractivity contribution in [3.05, 3.63) is 0 Å². The Hall–Kier alpha value is -0.120. The molecule has 0 saturated carbocycles. The number of methoxy groups -OCH3 is 1. The molecule has 1 aliphatic rings. The van der Waals surface area contributed by atoms with Crippen LogP contribution in [0.5, 0.6) is 0 Å². The van der Waals surface area contributed by atoms with E-state index in [4.69, 9.17) is 9.84 Å². The molecule has 3 heteroatoms. The van der Waals surface area contributed by atoms with Crippen LogP contribution in [0.1, 0.15) is 32.1 Å². The molecule has 0 bridgehead atoms. The van der Waals surface area contributed by atoms with Gasteiger partial charge in [-0.1, -0.05) is 0 Å². The molecule has 1 aliphatic heterocycles. The van der Waals surface area contributed by atoms with Crippen molar-refractivity contribution in [2.24, 2.45) is 0 Å². The lowest BCUT2D eigenvalue weighted by Gasteiger charge is -2.23. The second-order valence-corrected chi connectivity index (χ2v) is 4.04. The van der Waals surface area contributed by atoms with Crippen LogP contribution in [0.25, 0.3) is 0 Å². The maximum absolute atomic E-state index is 8.79. The maximum Gasteiger partial charge on any atom is 0.0474 e. The third-order valence-electron chi connectivity index (χ3n) is 2.99. The van der Waals surface area contributed by atoms with E-state index >= 15 is 0 Å². The average molecular weight is 201 g/mol. The van der Waals surface area contributed by atoms with E-state index in [2.05, 4.69) is 4.90 Å². The summed E-state index contributed by atoms with van der Waals surface area (Å²) in [5.41, 5.74) is 0. The van der Waals surface area contributed by atoms with Crippen LogP contribution in [0, 0.1) is 0 Å². The minimum Gasteiger partial charge on any atom is -0.396 e. The summed E-state index contributed by atoms with van der Waals surface area (Å²) in [4.78, 5) is 2.55. The number of aliphatic hydroxyl groups is 1. The number of hydrogen-bond acceptors (Lipinski definition) is 3. The molecular weight excluding hydrogens is 178 g/mol. The molecule has 84 valence electrons. The van der Waals surface area contributed by atoms with Gasteiger partial charge in [-0.2, -0.15) is 0 Å². The van der Waals surface area contributed by atoms with Crippen molar-refractivity contribution in [1.29, 1.82) is 0 Å². The van der Waals surface area contributed by atoms with Crippen molar-refractivity contribution in [3.8, 4) is 0 Å². The van der Waals surface area contributed by atoms with Crippen LogP contribution >= 0.6 is 0 Å². The Kier molecular flexibility index (Phi) is 6.15. The second kappa shape index (κ2) is 7.21. The molecule has 1 heterocycles. The number of aliphatic hydroxyl groups excluding tert-OH is 1. The molecule has 0 spiro atoms. The number of likely N-dealkylation sites (tertiary alicyclic amines) is 1. The number of ether oxygens (including phenoxy) is 1. The first-order valence-corrected chi connectivity index (χ1v) is 5.72. The van der Waals surface area contributed by atoms with Crippen molar-refractivity contribution >= 4 is 0 Å². The van der Waals surface area contributed by atoms with Crippen LogP contribution in [0.4, 0.5) is 0 Å². The molecule has 3 nitrogen and oxygen atoms in total. The average Bonchev–Trinajstić information content (AvgIpc) is 2.63. The van der Waals surface area contributed by atoms with Gasteiger partial charge >= 0.3 is 0 Å². The lowest BCUT2D eigenvalue weighted by molar-refractivity contribution is 0.161. The SMILES string of the molecule is COCCCN1CCCC1CCCO. The Balaban J connectivity index is 2.14. The molecule has 1 saturated heterocycles. The fourth-order valence-corrected chi connectivity index (χ4v) is 2.26. The van der Waals surface area contributed by atoms with Crippen molar-refractivity contribution in [2.45, 2.75) is 38.1 Å². The molecule has 0 aliphatic carbocycles. The molecule has 14 heavy (non-hydrogen) atoms. The summed E-state index contributed by atoms with van der Waals surface area (Å²) in [6.07, 6.45) is 5.87. The summed E-state index contributed by atoms with van der Waals surface area (Å²) >= 11 is 0. The third-order valence-corrected chi connectivity index (χ3v) is 2.99. The van der Waals surface area contributed by atoms with Gasteiger partial charge in [0.1, 0.15) is 0 Å². The quantitative estimate of drug-likeness (QED) is 0.629. The Morgan fingerprint density at radius 3 is 3.00 bits per heavy atom. The number of hydrogen-bond donors (Lipinski definition) is 1. The van der Waals surface area contributed by atoms with E-state index in [1.54, 1.807) is 7.11 Å². The molecule has 1 rings (SSSR count). The van der Waals surface area contributed by atoms with Crippen molar-refractivity contribution in [2.75, 3.05) is 33.4 Å². The number of nitrogens with zero attached hydrogens (tertiary/aromatic N) is 1. The minimum atomic E-state index is 0.336. The van der Waals surface area contributed by atoms with Gasteiger partial charge in [0.2, 0.25) is 0 Å². The molecule has 0 aromatic rings.